The van der Waals surface area contributed by atoms with Gasteiger partial charge >= 0.3 is 5.97 Å². The zero-order chi connectivity index (χ0) is 61.0. The third kappa shape index (κ3) is 45.8. The van der Waals surface area contributed by atoms with Gasteiger partial charge in [0.2, 0.25) is 5.91 Å². The zero-order valence-electron chi connectivity index (χ0n) is 52.7. The van der Waals surface area contributed by atoms with E-state index in [-0.39, 0.29) is 19.4 Å². The predicted molar refractivity (Wildman–Crippen MR) is 351 cm³/mol. The fourth-order valence-electron chi connectivity index (χ4n) is 9.47. The number of aliphatic hydroxyl groups is 5. The van der Waals surface area contributed by atoms with Crippen LogP contribution in [0.3, 0.4) is 0 Å². The first-order valence-corrected chi connectivity index (χ1v) is 33.2. The van der Waals surface area contributed by atoms with Gasteiger partial charge in [-0.05, 0) is 89.9 Å². The largest absolute Gasteiger partial charge is 0.454 e. The topological polar surface area (TPSA) is 175 Å². The van der Waals surface area contributed by atoms with Crippen LogP contribution in [0.4, 0.5) is 0 Å². The zero-order valence-corrected chi connectivity index (χ0v) is 52.7. The van der Waals surface area contributed by atoms with E-state index in [0.717, 1.165) is 109 Å². The van der Waals surface area contributed by atoms with Crippen molar-refractivity contribution in [1.82, 2.24) is 5.32 Å². The summed E-state index contributed by atoms with van der Waals surface area (Å²) >= 11 is 0. The summed E-state index contributed by atoms with van der Waals surface area (Å²) in [5.74, 6) is -1.25. The van der Waals surface area contributed by atoms with Crippen LogP contribution in [0.5, 0.6) is 0 Å². The molecule has 8 unspecified atom stereocenters. The predicted octanol–water partition coefficient (Wildman–Crippen LogP) is 16.6. The second-order valence-electron chi connectivity index (χ2n) is 22.2. The minimum Gasteiger partial charge on any atom is -0.454 e. The van der Waals surface area contributed by atoms with Gasteiger partial charge in [0.15, 0.2) is 12.4 Å². The van der Waals surface area contributed by atoms with E-state index in [2.05, 4.69) is 99.0 Å². The fourth-order valence-corrected chi connectivity index (χ4v) is 9.47. The molecule has 0 aromatic heterocycles. The Morgan fingerprint density at radius 2 is 0.917 bits per heavy atom. The number of carbonyl (C=O) groups excluding carboxylic acids is 2. The third-order valence-corrected chi connectivity index (χ3v) is 14.6. The van der Waals surface area contributed by atoms with Crippen LogP contribution in [0, 0.1) is 0 Å². The highest BCUT2D eigenvalue weighted by Gasteiger charge is 2.47. The van der Waals surface area contributed by atoms with Crippen LogP contribution in [-0.2, 0) is 23.8 Å². The maximum absolute atomic E-state index is 13.5. The molecule has 0 spiro atoms. The number of amides is 1. The molecule has 1 aliphatic rings. The summed E-state index contributed by atoms with van der Waals surface area (Å²) in [6, 6.07) is -1.05. The molecular formula is C73H119NO10. The number of esters is 1. The standard InChI is InChI=1S/C73H119NO10/c1-4-7-10-13-16-19-22-25-27-29-30-31-32-33-34-35-36-37-39-40-42-45-48-51-54-57-60-66(77)72(81)74-64(65(76)59-56-53-50-47-44-24-21-18-15-12-9-6-3)63-82-73-71(70(80)69(79)67(62-75)83-73)84-68(78)61-58-55-52-49-46-43-41-38-28-26-23-20-17-14-11-8-5-2/h7-8,10-11,14,16-17,19-20,23,25-28,30-31,33-34,38,41,43,46,56,59,64-67,69-71,73,75-77,79-80H,4-6,9,12-13,15,18,21-22,24,29,32,35-37,39-40,42,44-45,47-55,57-58,60-63H2,1-3H3,(H,74,81)/b10-7-,11-8-,17-14+,19-16-,23-20+,27-25-,28-26-,31-30-,34-33-,41-38+,46-43+,59-56+. The van der Waals surface area contributed by atoms with E-state index in [0.29, 0.717) is 12.8 Å². The number of hydrogen-bond acceptors (Lipinski definition) is 10. The number of unbranched alkanes of at least 4 members (excludes halogenated alkanes) is 23. The highest BCUT2D eigenvalue weighted by Crippen LogP contribution is 2.26. The molecule has 84 heavy (non-hydrogen) atoms. The summed E-state index contributed by atoms with van der Waals surface area (Å²) in [5, 5.41) is 57.1. The minimum absolute atomic E-state index is 0.0640. The summed E-state index contributed by atoms with van der Waals surface area (Å²) < 4.78 is 17.6. The second-order valence-corrected chi connectivity index (χ2v) is 22.2. The lowest BCUT2D eigenvalue weighted by Gasteiger charge is -2.41. The van der Waals surface area contributed by atoms with Gasteiger partial charge in [-0.3, -0.25) is 9.59 Å². The molecule has 1 amide bonds. The summed E-state index contributed by atoms with van der Waals surface area (Å²) in [4.78, 5) is 26.6. The summed E-state index contributed by atoms with van der Waals surface area (Å²) in [7, 11) is 0. The fraction of sp³-hybridized carbons (Fsp3) is 0.644. The van der Waals surface area contributed by atoms with Crippen molar-refractivity contribution in [3.05, 3.63) is 146 Å². The molecule has 0 bridgehead atoms. The van der Waals surface area contributed by atoms with Crippen molar-refractivity contribution in [1.29, 1.82) is 0 Å². The number of hydrogen-bond donors (Lipinski definition) is 6. The van der Waals surface area contributed by atoms with Crippen LogP contribution in [0.15, 0.2) is 146 Å². The highest BCUT2D eigenvalue weighted by molar-refractivity contribution is 5.80. The van der Waals surface area contributed by atoms with Crippen LogP contribution >= 0.6 is 0 Å². The van der Waals surface area contributed by atoms with Crippen molar-refractivity contribution in [3.63, 3.8) is 0 Å². The smallest absolute Gasteiger partial charge is 0.306 e. The lowest BCUT2D eigenvalue weighted by molar-refractivity contribution is -0.305. The SMILES string of the molecule is CC\C=C/C=C/C=C/C=C\C=C\C=C\CCCCCC(=O)OC1C(OCC(NC(=O)C(O)CCCCCCCCCCCC/C=C\C/C=C\C/C=C\C/C=C\C/C=C\CC)C(O)/C=C/CCCCCCCCCCCC)OC(CO)C(O)C1O. The number of rotatable bonds is 54. The van der Waals surface area contributed by atoms with Crippen molar-refractivity contribution in [3.8, 4) is 0 Å². The maximum Gasteiger partial charge on any atom is 0.306 e. The molecule has 1 heterocycles. The molecule has 0 aliphatic carbocycles. The van der Waals surface area contributed by atoms with E-state index in [1.54, 1.807) is 6.08 Å². The second kappa shape index (κ2) is 58.9. The van der Waals surface area contributed by atoms with Crippen molar-refractivity contribution in [2.75, 3.05) is 13.2 Å². The Hall–Kier alpha value is -4.46. The molecule has 1 fully saturated rings. The number of nitrogens with one attached hydrogen (secondary N) is 1. The van der Waals surface area contributed by atoms with E-state index in [9.17, 15) is 35.1 Å². The van der Waals surface area contributed by atoms with Gasteiger partial charge in [-0.2, -0.15) is 0 Å². The maximum atomic E-state index is 13.5. The first kappa shape index (κ1) is 77.6. The van der Waals surface area contributed by atoms with E-state index in [1.807, 2.05) is 66.8 Å². The lowest BCUT2D eigenvalue weighted by atomic mass is 9.99. The Balaban J connectivity index is 2.64. The first-order valence-electron chi connectivity index (χ1n) is 33.2. The van der Waals surface area contributed by atoms with Crippen molar-refractivity contribution in [2.24, 2.45) is 0 Å². The summed E-state index contributed by atoms with van der Waals surface area (Å²) in [5.41, 5.74) is 0. The molecule has 0 aromatic rings. The molecular weight excluding hydrogens is 1050 g/mol. The van der Waals surface area contributed by atoms with Crippen LogP contribution in [0.1, 0.15) is 239 Å². The Labute approximate surface area is 511 Å². The Morgan fingerprint density at radius 1 is 0.488 bits per heavy atom. The monoisotopic (exact) mass is 1170 g/mol. The molecule has 8 atom stereocenters. The molecule has 0 radical (unpaired) electrons. The quantitative estimate of drug-likeness (QED) is 0.0149. The Morgan fingerprint density at radius 3 is 1.43 bits per heavy atom. The summed E-state index contributed by atoms with van der Waals surface area (Å²) in [6.07, 6.45) is 74.5. The highest BCUT2D eigenvalue weighted by atomic mass is 16.7. The van der Waals surface area contributed by atoms with Crippen molar-refractivity contribution < 1.29 is 49.3 Å². The molecule has 1 saturated heterocycles. The van der Waals surface area contributed by atoms with Gasteiger partial charge in [0, 0.05) is 6.42 Å². The van der Waals surface area contributed by atoms with Crippen LogP contribution < -0.4 is 5.32 Å². The average Bonchev–Trinajstić information content (AvgIpc) is 3.69. The van der Waals surface area contributed by atoms with Gasteiger partial charge in [0.1, 0.15) is 24.4 Å². The molecule has 0 saturated carbocycles. The van der Waals surface area contributed by atoms with E-state index >= 15 is 0 Å². The van der Waals surface area contributed by atoms with Gasteiger partial charge in [-0.25, -0.2) is 0 Å². The van der Waals surface area contributed by atoms with Gasteiger partial charge in [-0.15, -0.1) is 0 Å². The van der Waals surface area contributed by atoms with Gasteiger partial charge in [-0.1, -0.05) is 289 Å². The molecule has 11 heteroatoms. The summed E-state index contributed by atoms with van der Waals surface area (Å²) in [6.45, 7) is 5.50. The lowest BCUT2D eigenvalue weighted by Crippen LogP contribution is -2.61. The molecule has 476 valence electrons. The van der Waals surface area contributed by atoms with Crippen molar-refractivity contribution >= 4 is 11.9 Å². The third-order valence-electron chi connectivity index (χ3n) is 14.6. The average molecular weight is 1170 g/mol. The van der Waals surface area contributed by atoms with Gasteiger partial charge in [0.25, 0.3) is 0 Å². The first-order chi connectivity index (χ1) is 41.2. The van der Waals surface area contributed by atoms with Gasteiger partial charge < -0.3 is 45.1 Å². The molecule has 6 N–H and O–H groups in total. The van der Waals surface area contributed by atoms with Crippen LogP contribution in [0.2, 0.25) is 0 Å². The normalized spacial score (nSPS) is 19.5. The molecule has 1 rings (SSSR count). The number of allylic oxidation sites excluding steroid dienone is 23. The Kier molecular flexibility index (Phi) is 54.4. The van der Waals surface area contributed by atoms with E-state index < -0.39 is 67.4 Å². The van der Waals surface area contributed by atoms with Crippen LogP contribution in [-0.4, -0.2) is 99.6 Å². The van der Waals surface area contributed by atoms with Gasteiger partial charge in [0.05, 0.1) is 25.4 Å². The Bertz CT molecular complexity index is 1920. The van der Waals surface area contributed by atoms with Crippen molar-refractivity contribution in [2.45, 2.75) is 288 Å². The number of aliphatic hydroxyl groups excluding tert-OH is 5. The van der Waals surface area contributed by atoms with Crippen LogP contribution in [0.25, 0.3) is 0 Å². The molecule has 0 aromatic carbocycles. The molecule has 1 aliphatic heterocycles. The van der Waals surface area contributed by atoms with E-state index in [4.69, 9.17) is 14.2 Å². The van der Waals surface area contributed by atoms with E-state index in [1.165, 1.54) is 83.5 Å². The molecule has 11 nitrogen and oxygen atoms in total. The minimum atomic E-state index is -1.64. The number of carbonyl (C=O) groups is 2. The number of ether oxygens (including phenoxy) is 3.